The van der Waals surface area contributed by atoms with Gasteiger partial charge in [0, 0.05) is 50.7 Å². The van der Waals surface area contributed by atoms with Gasteiger partial charge in [-0.25, -0.2) is 0 Å². The van der Waals surface area contributed by atoms with E-state index < -0.39 is 0 Å². The predicted octanol–water partition coefficient (Wildman–Crippen LogP) is 4.02. The van der Waals surface area contributed by atoms with Gasteiger partial charge >= 0.3 is 0 Å². The Balaban J connectivity index is 1.39. The Kier molecular flexibility index (Phi) is 7.66. The molecular formula is C24H28Cl2N4O2. The van der Waals surface area contributed by atoms with E-state index in [-0.39, 0.29) is 17.9 Å². The van der Waals surface area contributed by atoms with Crippen molar-refractivity contribution in [2.45, 2.75) is 38.3 Å². The fraction of sp³-hybridized carbons (Fsp3) is 0.458. The van der Waals surface area contributed by atoms with Crippen LogP contribution < -0.4 is 5.32 Å². The molecule has 1 aliphatic carbocycles. The number of halogens is 2. The lowest BCUT2D eigenvalue weighted by Crippen LogP contribution is -2.57. The van der Waals surface area contributed by atoms with Crippen LogP contribution in [-0.2, 0) is 11.3 Å². The summed E-state index contributed by atoms with van der Waals surface area (Å²) in [6.07, 6.45) is 7.98. The molecule has 0 bridgehead atoms. The summed E-state index contributed by atoms with van der Waals surface area (Å²) in [5.74, 6) is 0.394. The molecule has 2 aromatic rings. The summed E-state index contributed by atoms with van der Waals surface area (Å²) < 4.78 is 0. The smallest absolute Gasteiger partial charge is 0.253 e. The Morgan fingerprint density at radius 3 is 2.34 bits per heavy atom. The lowest BCUT2D eigenvalue weighted by Gasteiger charge is -2.40. The van der Waals surface area contributed by atoms with Gasteiger partial charge in [0.05, 0.1) is 16.1 Å². The Hall–Kier alpha value is -2.15. The van der Waals surface area contributed by atoms with Crippen LogP contribution in [0.3, 0.4) is 0 Å². The van der Waals surface area contributed by atoms with Gasteiger partial charge in [-0.1, -0.05) is 36.0 Å². The van der Waals surface area contributed by atoms with Crippen LogP contribution in [0.2, 0.25) is 10.0 Å². The number of carbonyl (C=O) groups excluding carboxylic acids is 2. The van der Waals surface area contributed by atoms with E-state index >= 15 is 0 Å². The predicted molar refractivity (Wildman–Crippen MR) is 126 cm³/mol. The number of hydrogen-bond donors (Lipinski definition) is 1. The number of rotatable bonds is 6. The number of nitrogens with zero attached hydrogens (tertiary/aromatic N) is 3. The maximum Gasteiger partial charge on any atom is 0.253 e. The van der Waals surface area contributed by atoms with Crippen LogP contribution in [0.15, 0.2) is 42.7 Å². The first-order valence-corrected chi connectivity index (χ1v) is 11.9. The standard InChI is InChI=1S/C24H28Cl2N4O2/c25-20-6-5-19(15-21(20)26)24(32)30-13-11-29(12-14-30)22(18-3-1-2-4-18)23(31)28-16-17-7-9-27-10-8-17/h5-10,15,18,22H,1-4,11-14,16H2,(H,28,31)/t22-/m0/s1. The van der Waals surface area contributed by atoms with Crippen molar-refractivity contribution < 1.29 is 9.59 Å². The summed E-state index contributed by atoms with van der Waals surface area (Å²) in [5, 5.41) is 3.94. The molecule has 1 aromatic carbocycles. The van der Waals surface area contributed by atoms with Crippen LogP contribution >= 0.6 is 23.2 Å². The number of hydrogen-bond acceptors (Lipinski definition) is 4. The fourth-order valence-corrected chi connectivity index (χ4v) is 5.06. The molecule has 1 saturated carbocycles. The van der Waals surface area contributed by atoms with Gasteiger partial charge in [0.2, 0.25) is 5.91 Å². The minimum Gasteiger partial charge on any atom is -0.351 e. The van der Waals surface area contributed by atoms with Gasteiger partial charge in [-0.15, -0.1) is 0 Å². The van der Waals surface area contributed by atoms with E-state index in [0.29, 0.717) is 54.3 Å². The van der Waals surface area contributed by atoms with Crippen molar-refractivity contribution in [2.24, 2.45) is 5.92 Å². The highest BCUT2D eigenvalue weighted by molar-refractivity contribution is 6.42. The second-order valence-corrected chi connectivity index (χ2v) is 9.33. The summed E-state index contributed by atoms with van der Waals surface area (Å²) in [4.78, 5) is 34.3. The SMILES string of the molecule is O=C(NCc1ccncc1)[C@H](C1CCCC1)N1CCN(C(=O)c2ccc(Cl)c(Cl)c2)CC1. The van der Waals surface area contributed by atoms with Gasteiger partial charge < -0.3 is 10.2 Å². The van der Waals surface area contributed by atoms with Crippen molar-refractivity contribution in [1.29, 1.82) is 0 Å². The summed E-state index contributed by atoms with van der Waals surface area (Å²) in [6.45, 7) is 3.02. The van der Waals surface area contributed by atoms with Crippen LogP contribution in [0.5, 0.6) is 0 Å². The fourth-order valence-electron chi connectivity index (χ4n) is 4.76. The van der Waals surface area contributed by atoms with E-state index in [9.17, 15) is 9.59 Å². The number of benzene rings is 1. The van der Waals surface area contributed by atoms with Crippen LogP contribution in [0, 0.1) is 5.92 Å². The number of aromatic nitrogens is 1. The number of nitrogens with one attached hydrogen (secondary N) is 1. The van der Waals surface area contributed by atoms with Crippen molar-refractivity contribution in [1.82, 2.24) is 20.1 Å². The van der Waals surface area contributed by atoms with Gasteiger partial charge in [-0.05, 0) is 54.7 Å². The molecule has 4 rings (SSSR count). The highest BCUT2D eigenvalue weighted by Crippen LogP contribution is 2.31. The third-order valence-corrected chi connectivity index (χ3v) is 7.23. The molecular weight excluding hydrogens is 447 g/mol. The highest BCUT2D eigenvalue weighted by Gasteiger charge is 2.37. The summed E-state index contributed by atoms with van der Waals surface area (Å²) >= 11 is 12.1. The Bertz CT molecular complexity index is 942. The van der Waals surface area contributed by atoms with Crippen molar-refractivity contribution in [3.8, 4) is 0 Å². The lowest BCUT2D eigenvalue weighted by atomic mass is 9.94. The van der Waals surface area contributed by atoms with Crippen molar-refractivity contribution in [2.75, 3.05) is 26.2 Å². The number of pyridine rings is 1. The quantitative estimate of drug-likeness (QED) is 0.686. The summed E-state index contributed by atoms with van der Waals surface area (Å²) in [6, 6.07) is 8.65. The molecule has 1 aliphatic heterocycles. The average Bonchev–Trinajstić information content (AvgIpc) is 3.35. The molecule has 0 spiro atoms. The molecule has 2 fully saturated rings. The van der Waals surface area contributed by atoms with E-state index in [1.807, 2.05) is 17.0 Å². The topological polar surface area (TPSA) is 65.5 Å². The van der Waals surface area contributed by atoms with Crippen molar-refractivity contribution >= 4 is 35.0 Å². The Morgan fingerprint density at radius 1 is 1.00 bits per heavy atom. The van der Waals surface area contributed by atoms with Gasteiger partial charge in [0.15, 0.2) is 0 Å². The molecule has 0 unspecified atom stereocenters. The average molecular weight is 475 g/mol. The first kappa shape index (κ1) is 23.0. The van der Waals surface area contributed by atoms with Gasteiger partial charge in [-0.2, -0.15) is 0 Å². The summed E-state index contributed by atoms with van der Waals surface area (Å²) in [5.41, 5.74) is 1.57. The minimum absolute atomic E-state index is 0.0530. The van der Waals surface area contributed by atoms with E-state index in [1.165, 1.54) is 12.8 Å². The highest BCUT2D eigenvalue weighted by atomic mass is 35.5. The Morgan fingerprint density at radius 2 is 1.69 bits per heavy atom. The van der Waals surface area contributed by atoms with E-state index in [4.69, 9.17) is 23.2 Å². The maximum atomic E-state index is 13.2. The zero-order valence-corrected chi connectivity index (χ0v) is 19.5. The molecule has 2 amide bonds. The second kappa shape index (κ2) is 10.6. The number of amides is 2. The molecule has 2 aliphatic rings. The molecule has 1 N–H and O–H groups in total. The van der Waals surface area contributed by atoms with Gasteiger partial charge in [0.1, 0.15) is 0 Å². The van der Waals surface area contributed by atoms with E-state index in [0.717, 1.165) is 18.4 Å². The zero-order valence-electron chi connectivity index (χ0n) is 18.0. The molecule has 8 heteroatoms. The molecule has 6 nitrogen and oxygen atoms in total. The molecule has 2 heterocycles. The molecule has 0 radical (unpaired) electrons. The van der Waals surface area contributed by atoms with Gasteiger partial charge in [-0.3, -0.25) is 19.5 Å². The third kappa shape index (κ3) is 5.42. The monoisotopic (exact) mass is 474 g/mol. The minimum atomic E-state index is -0.151. The van der Waals surface area contributed by atoms with E-state index in [2.05, 4.69) is 15.2 Å². The second-order valence-electron chi connectivity index (χ2n) is 8.52. The zero-order chi connectivity index (χ0) is 22.5. The molecule has 32 heavy (non-hydrogen) atoms. The summed E-state index contributed by atoms with van der Waals surface area (Å²) in [7, 11) is 0. The van der Waals surface area contributed by atoms with Crippen LogP contribution in [0.1, 0.15) is 41.6 Å². The normalized spacial score (nSPS) is 18.5. The molecule has 170 valence electrons. The molecule has 1 aromatic heterocycles. The molecule has 1 atom stereocenters. The third-order valence-electron chi connectivity index (χ3n) is 6.49. The van der Waals surface area contributed by atoms with Gasteiger partial charge in [0.25, 0.3) is 5.91 Å². The van der Waals surface area contributed by atoms with Crippen LogP contribution in [0.4, 0.5) is 0 Å². The Labute approximate surface area is 198 Å². The first-order chi connectivity index (χ1) is 15.5. The lowest BCUT2D eigenvalue weighted by molar-refractivity contribution is -0.129. The molecule has 1 saturated heterocycles. The van der Waals surface area contributed by atoms with Crippen LogP contribution in [-0.4, -0.2) is 58.8 Å². The van der Waals surface area contributed by atoms with Crippen molar-refractivity contribution in [3.05, 3.63) is 63.9 Å². The number of piperazine rings is 1. The first-order valence-electron chi connectivity index (χ1n) is 11.2. The van der Waals surface area contributed by atoms with Crippen LogP contribution in [0.25, 0.3) is 0 Å². The maximum absolute atomic E-state index is 13.2. The largest absolute Gasteiger partial charge is 0.351 e. The van der Waals surface area contributed by atoms with Crippen molar-refractivity contribution in [3.63, 3.8) is 0 Å². The number of carbonyl (C=O) groups is 2. The van der Waals surface area contributed by atoms with E-state index in [1.54, 1.807) is 30.6 Å².